The highest BCUT2D eigenvalue weighted by molar-refractivity contribution is 5.99. The number of Topliss-reactive ketones (excluding diaryl/α,β-unsaturated/α-hetero) is 1. The molecule has 0 saturated carbocycles. The first kappa shape index (κ1) is 14.6. The first-order chi connectivity index (χ1) is 8.70. The highest BCUT2D eigenvalue weighted by atomic mass is 16.5. The average Bonchev–Trinajstić information content (AvgIpc) is 2.36. The van der Waals surface area contributed by atoms with Crippen LogP contribution < -0.4 is 4.74 Å². The van der Waals surface area contributed by atoms with Gasteiger partial charge >= 0.3 is 0 Å². The zero-order valence-electron chi connectivity index (χ0n) is 11.2. The number of rotatable bonds is 8. The number of hydrogen-bond acceptors (Lipinski definition) is 3. The Morgan fingerprint density at radius 1 is 1.22 bits per heavy atom. The van der Waals surface area contributed by atoms with E-state index < -0.39 is 0 Å². The van der Waals surface area contributed by atoms with Crippen LogP contribution in [-0.2, 0) is 0 Å². The van der Waals surface area contributed by atoms with E-state index in [1.54, 1.807) is 18.2 Å². The van der Waals surface area contributed by atoms with Gasteiger partial charge in [-0.2, -0.15) is 0 Å². The molecule has 0 fully saturated rings. The third-order valence-electron chi connectivity index (χ3n) is 2.77. The Kier molecular flexibility index (Phi) is 6.26. The number of hydrogen-bond donors (Lipinski definition) is 1. The Morgan fingerprint density at radius 2 is 2.00 bits per heavy atom. The number of carbonyl (C=O) groups excluding carboxylic acids is 1. The van der Waals surface area contributed by atoms with Crippen molar-refractivity contribution >= 4 is 5.78 Å². The lowest BCUT2D eigenvalue weighted by molar-refractivity contribution is 0.0977. The van der Waals surface area contributed by atoms with E-state index in [9.17, 15) is 9.90 Å². The highest BCUT2D eigenvalue weighted by Crippen LogP contribution is 2.31. The molecule has 1 aromatic carbocycles. The number of phenolic OH excluding ortho intramolecular Hbond substituents is 1. The Labute approximate surface area is 109 Å². The number of benzene rings is 1. The predicted molar refractivity (Wildman–Crippen MR) is 72.4 cm³/mol. The third-order valence-corrected chi connectivity index (χ3v) is 2.77. The molecule has 0 amide bonds. The lowest BCUT2D eigenvalue weighted by Gasteiger charge is -2.12. The Hall–Kier alpha value is -1.51. The van der Waals surface area contributed by atoms with E-state index in [-0.39, 0.29) is 11.5 Å². The fourth-order valence-corrected chi connectivity index (χ4v) is 1.78. The van der Waals surface area contributed by atoms with Crippen molar-refractivity contribution in [1.82, 2.24) is 0 Å². The molecular formula is C15H22O3. The average molecular weight is 250 g/mol. The number of ketones is 1. The summed E-state index contributed by atoms with van der Waals surface area (Å²) >= 11 is 0. The lowest BCUT2D eigenvalue weighted by Crippen LogP contribution is -2.05. The smallest absolute Gasteiger partial charge is 0.171 e. The van der Waals surface area contributed by atoms with Gasteiger partial charge in [0.15, 0.2) is 17.3 Å². The molecule has 1 N–H and O–H groups in total. The molecule has 100 valence electrons. The van der Waals surface area contributed by atoms with Gasteiger partial charge in [0.05, 0.1) is 12.2 Å². The molecule has 0 atom stereocenters. The zero-order valence-corrected chi connectivity index (χ0v) is 11.2. The molecule has 1 rings (SSSR count). The Bertz CT molecular complexity index is 385. The van der Waals surface area contributed by atoms with E-state index in [0.29, 0.717) is 24.3 Å². The van der Waals surface area contributed by atoms with Crippen LogP contribution >= 0.6 is 0 Å². The van der Waals surface area contributed by atoms with Gasteiger partial charge in [-0.05, 0) is 25.0 Å². The van der Waals surface area contributed by atoms with Crippen LogP contribution in [0.4, 0.5) is 0 Å². The maximum atomic E-state index is 11.9. The van der Waals surface area contributed by atoms with Gasteiger partial charge in [0.1, 0.15) is 0 Å². The van der Waals surface area contributed by atoms with Gasteiger partial charge in [-0.25, -0.2) is 0 Å². The van der Waals surface area contributed by atoms with Gasteiger partial charge in [-0.3, -0.25) is 4.79 Å². The maximum Gasteiger partial charge on any atom is 0.171 e. The molecule has 0 heterocycles. The summed E-state index contributed by atoms with van der Waals surface area (Å²) in [7, 11) is 0. The van der Waals surface area contributed by atoms with Crippen LogP contribution in [-0.4, -0.2) is 17.5 Å². The molecule has 0 aliphatic heterocycles. The zero-order chi connectivity index (χ0) is 13.4. The van der Waals surface area contributed by atoms with Crippen molar-refractivity contribution in [2.24, 2.45) is 0 Å². The van der Waals surface area contributed by atoms with Crippen LogP contribution in [0.1, 0.15) is 56.3 Å². The number of unbranched alkanes of at least 4 members (excludes halogenated alkanes) is 2. The first-order valence-electron chi connectivity index (χ1n) is 6.68. The normalized spacial score (nSPS) is 10.3. The topological polar surface area (TPSA) is 46.5 Å². The van der Waals surface area contributed by atoms with Gasteiger partial charge in [-0.15, -0.1) is 0 Å². The molecule has 0 spiro atoms. The maximum absolute atomic E-state index is 11.9. The van der Waals surface area contributed by atoms with Crippen molar-refractivity contribution in [2.75, 3.05) is 6.61 Å². The van der Waals surface area contributed by atoms with E-state index >= 15 is 0 Å². The molecule has 0 aromatic heterocycles. The fraction of sp³-hybridized carbons (Fsp3) is 0.533. The van der Waals surface area contributed by atoms with Crippen molar-refractivity contribution in [2.45, 2.75) is 46.0 Å². The second-order valence-corrected chi connectivity index (χ2v) is 4.38. The summed E-state index contributed by atoms with van der Waals surface area (Å²) < 4.78 is 5.57. The predicted octanol–water partition coefficient (Wildman–Crippen LogP) is 3.94. The number of ether oxygens (including phenoxy) is 1. The molecule has 0 saturated heterocycles. The Balaban J connectivity index is 2.77. The fourth-order valence-electron chi connectivity index (χ4n) is 1.78. The number of para-hydroxylation sites is 1. The molecule has 3 nitrogen and oxygen atoms in total. The van der Waals surface area contributed by atoms with Gasteiger partial charge in [0.2, 0.25) is 0 Å². The van der Waals surface area contributed by atoms with Crippen molar-refractivity contribution in [3.05, 3.63) is 23.8 Å². The van der Waals surface area contributed by atoms with Crippen LogP contribution in [0.2, 0.25) is 0 Å². The minimum atomic E-state index is 0.0268. The van der Waals surface area contributed by atoms with Crippen LogP contribution in [0.3, 0.4) is 0 Å². The van der Waals surface area contributed by atoms with Crippen molar-refractivity contribution in [3.63, 3.8) is 0 Å². The molecule has 0 radical (unpaired) electrons. The van der Waals surface area contributed by atoms with Crippen molar-refractivity contribution in [1.29, 1.82) is 0 Å². The minimum absolute atomic E-state index is 0.0268. The van der Waals surface area contributed by atoms with E-state index in [4.69, 9.17) is 4.74 Å². The number of phenols is 1. The molecule has 0 aliphatic rings. The van der Waals surface area contributed by atoms with E-state index in [1.165, 1.54) is 0 Å². The van der Waals surface area contributed by atoms with Crippen LogP contribution in [0.15, 0.2) is 18.2 Å². The second-order valence-electron chi connectivity index (χ2n) is 4.38. The summed E-state index contributed by atoms with van der Waals surface area (Å²) in [5, 5.41) is 9.79. The molecule has 0 bridgehead atoms. The van der Waals surface area contributed by atoms with Gasteiger partial charge < -0.3 is 9.84 Å². The van der Waals surface area contributed by atoms with Crippen molar-refractivity contribution in [3.8, 4) is 11.5 Å². The lowest BCUT2D eigenvalue weighted by atomic mass is 10.1. The molecular weight excluding hydrogens is 228 g/mol. The van der Waals surface area contributed by atoms with Crippen LogP contribution in [0.25, 0.3) is 0 Å². The SMILES string of the molecule is CCCCCOc1c(O)cccc1C(=O)CCC. The van der Waals surface area contributed by atoms with Gasteiger partial charge in [0, 0.05) is 6.42 Å². The largest absolute Gasteiger partial charge is 0.504 e. The highest BCUT2D eigenvalue weighted by Gasteiger charge is 2.15. The molecule has 3 heteroatoms. The summed E-state index contributed by atoms with van der Waals surface area (Å²) in [5.74, 6) is 0.416. The summed E-state index contributed by atoms with van der Waals surface area (Å²) in [4.78, 5) is 11.9. The van der Waals surface area contributed by atoms with Crippen molar-refractivity contribution < 1.29 is 14.6 Å². The standard InChI is InChI=1S/C15H22O3/c1-3-5-6-11-18-15-12(13(16)8-4-2)9-7-10-14(15)17/h7,9-10,17H,3-6,8,11H2,1-2H3. The summed E-state index contributed by atoms with van der Waals surface area (Å²) in [6.45, 7) is 4.62. The van der Waals surface area contributed by atoms with Gasteiger partial charge in [0.25, 0.3) is 0 Å². The summed E-state index contributed by atoms with van der Waals surface area (Å²) in [6.07, 6.45) is 4.42. The van der Waals surface area contributed by atoms with Crippen LogP contribution in [0, 0.1) is 0 Å². The first-order valence-corrected chi connectivity index (χ1v) is 6.68. The van der Waals surface area contributed by atoms with Gasteiger partial charge in [-0.1, -0.05) is 32.8 Å². The number of aromatic hydroxyl groups is 1. The van der Waals surface area contributed by atoms with Crippen LogP contribution in [0.5, 0.6) is 11.5 Å². The second kappa shape index (κ2) is 7.75. The quantitative estimate of drug-likeness (QED) is 0.561. The van der Waals surface area contributed by atoms with E-state index in [1.807, 2.05) is 6.92 Å². The molecule has 0 aliphatic carbocycles. The minimum Gasteiger partial charge on any atom is -0.504 e. The molecule has 18 heavy (non-hydrogen) atoms. The monoisotopic (exact) mass is 250 g/mol. The summed E-state index contributed by atoms with van der Waals surface area (Å²) in [5.41, 5.74) is 0.494. The molecule has 0 unspecified atom stereocenters. The summed E-state index contributed by atoms with van der Waals surface area (Å²) in [6, 6.07) is 4.95. The van der Waals surface area contributed by atoms with E-state index in [0.717, 1.165) is 25.7 Å². The van der Waals surface area contributed by atoms with E-state index in [2.05, 4.69) is 6.92 Å². The number of carbonyl (C=O) groups is 1. The Morgan fingerprint density at radius 3 is 2.67 bits per heavy atom. The third kappa shape index (κ3) is 4.06. The molecule has 1 aromatic rings.